The van der Waals surface area contributed by atoms with Gasteiger partial charge in [-0.1, -0.05) is 30.3 Å². The molecule has 0 aliphatic carbocycles. The second-order valence-corrected chi connectivity index (χ2v) is 3.93. The van der Waals surface area contributed by atoms with Crippen molar-refractivity contribution in [3.63, 3.8) is 0 Å². The van der Waals surface area contributed by atoms with Gasteiger partial charge >= 0.3 is 0 Å². The Bertz CT molecular complexity index is 261. The molecule has 0 aromatic heterocycles. The molecule has 1 N–H and O–H groups in total. The first-order chi connectivity index (χ1) is 8.43. The molecule has 3 heteroatoms. The fourth-order valence-electron chi connectivity index (χ4n) is 1.52. The Hall–Kier alpha value is -0.900. The van der Waals surface area contributed by atoms with Gasteiger partial charge in [0.15, 0.2) is 0 Å². The number of rotatable bonds is 10. The molecule has 0 heterocycles. The highest BCUT2D eigenvalue weighted by Gasteiger charge is 1.93. The van der Waals surface area contributed by atoms with Crippen LogP contribution in [-0.2, 0) is 16.1 Å². The number of aliphatic hydroxyl groups excluding tert-OH is 1. The fraction of sp³-hybridized carbons (Fsp3) is 0.571. The van der Waals surface area contributed by atoms with Crippen molar-refractivity contribution in [1.82, 2.24) is 0 Å². The number of hydrogen-bond acceptors (Lipinski definition) is 3. The summed E-state index contributed by atoms with van der Waals surface area (Å²) < 4.78 is 10.7. The third-order valence-corrected chi connectivity index (χ3v) is 2.42. The van der Waals surface area contributed by atoms with Crippen LogP contribution in [0.4, 0.5) is 0 Å². The summed E-state index contributed by atoms with van der Waals surface area (Å²) in [6.45, 7) is 2.79. The minimum atomic E-state index is 0.111. The zero-order chi connectivity index (χ0) is 12.2. The minimum absolute atomic E-state index is 0.111. The lowest BCUT2D eigenvalue weighted by Crippen LogP contribution is -2.01. The molecule has 0 unspecified atom stereocenters. The first-order valence-electron chi connectivity index (χ1n) is 6.24. The van der Waals surface area contributed by atoms with E-state index in [0.717, 1.165) is 32.5 Å². The highest BCUT2D eigenvalue weighted by atomic mass is 16.5. The van der Waals surface area contributed by atoms with E-state index in [1.807, 2.05) is 18.2 Å². The van der Waals surface area contributed by atoms with Crippen LogP contribution in [0.1, 0.15) is 24.8 Å². The number of benzene rings is 1. The second-order valence-electron chi connectivity index (χ2n) is 3.93. The van der Waals surface area contributed by atoms with Crippen molar-refractivity contribution in [2.75, 3.05) is 26.4 Å². The van der Waals surface area contributed by atoms with Gasteiger partial charge in [0, 0.05) is 13.2 Å². The normalized spacial score (nSPS) is 10.6. The zero-order valence-electron chi connectivity index (χ0n) is 10.3. The predicted molar refractivity (Wildman–Crippen MR) is 67.9 cm³/mol. The van der Waals surface area contributed by atoms with Gasteiger partial charge in [-0.15, -0.1) is 0 Å². The highest BCUT2D eigenvalue weighted by Crippen LogP contribution is 2.02. The molecule has 3 nitrogen and oxygen atoms in total. The molecule has 0 amide bonds. The smallest absolute Gasteiger partial charge is 0.0716 e. The molecule has 0 aliphatic heterocycles. The summed E-state index contributed by atoms with van der Waals surface area (Å²) in [5, 5.41) is 8.50. The van der Waals surface area contributed by atoms with Gasteiger partial charge in [-0.3, -0.25) is 0 Å². The largest absolute Gasteiger partial charge is 0.394 e. The second kappa shape index (κ2) is 10.3. The maximum atomic E-state index is 8.50. The van der Waals surface area contributed by atoms with Crippen LogP contribution in [0.25, 0.3) is 0 Å². The molecular weight excluding hydrogens is 216 g/mol. The van der Waals surface area contributed by atoms with Crippen molar-refractivity contribution >= 4 is 0 Å². The Labute approximate surface area is 103 Å². The molecule has 1 aromatic carbocycles. The summed E-state index contributed by atoms with van der Waals surface area (Å²) in [5.74, 6) is 0. The molecule has 0 saturated carbocycles. The van der Waals surface area contributed by atoms with Crippen LogP contribution in [0.2, 0.25) is 0 Å². The van der Waals surface area contributed by atoms with Crippen molar-refractivity contribution in [1.29, 1.82) is 0 Å². The van der Waals surface area contributed by atoms with Crippen LogP contribution in [0, 0.1) is 0 Å². The maximum Gasteiger partial charge on any atom is 0.0716 e. The predicted octanol–water partition coefficient (Wildman–Crippen LogP) is 2.38. The third kappa shape index (κ3) is 7.91. The Kier molecular flexibility index (Phi) is 8.55. The van der Waals surface area contributed by atoms with Gasteiger partial charge < -0.3 is 14.6 Å². The molecule has 0 fully saturated rings. The Balaban J connectivity index is 1.85. The monoisotopic (exact) mass is 238 g/mol. The van der Waals surface area contributed by atoms with Crippen molar-refractivity contribution < 1.29 is 14.6 Å². The topological polar surface area (TPSA) is 38.7 Å². The van der Waals surface area contributed by atoms with Crippen LogP contribution in [-0.4, -0.2) is 31.5 Å². The highest BCUT2D eigenvalue weighted by molar-refractivity contribution is 5.13. The number of ether oxygens (including phenoxy) is 2. The molecule has 1 rings (SSSR count). The van der Waals surface area contributed by atoms with Gasteiger partial charge in [0.25, 0.3) is 0 Å². The van der Waals surface area contributed by atoms with Crippen LogP contribution in [0.15, 0.2) is 30.3 Å². The van der Waals surface area contributed by atoms with Crippen LogP contribution in [0.3, 0.4) is 0 Å². The quantitative estimate of drug-likeness (QED) is 0.636. The van der Waals surface area contributed by atoms with Gasteiger partial charge in [0.2, 0.25) is 0 Å². The molecule has 17 heavy (non-hydrogen) atoms. The summed E-state index contributed by atoms with van der Waals surface area (Å²) in [6.07, 6.45) is 3.21. The summed E-state index contributed by atoms with van der Waals surface area (Å²) in [4.78, 5) is 0. The van der Waals surface area contributed by atoms with Crippen LogP contribution >= 0.6 is 0 Å². The Morgan fingerprint density at radius 1 is 0.824 bits per heavy atom. The molecule has 96 valence electrons. The SMILES string of the molecule is OCCOCCCCCOCc1ccccc1. The number of unbranched alkanes of at least 4 members (excludes halogenated alkanes) is 2. The van der Waals surface area contributed by atoms with E-state index in [1.54, 1.807) is 0 Å². The standard InChI is InChI=1S/C14H22O3/c15-9-12-16-10-5-2-6-11-17-13-14-7-3-1-4-8-14/h1,3-4,7-8,15H,2,5-6,9-13H2. The van der Waals surface area contributed by atoms with Crippen molar-refractivity contribution in [2.45, 2.75) is 25.9 Å². The Morgan fingerprint density at radius 2 is 1.53 bits per heavy atom. The van der Waals surface area contributed by atoms with Gasteiger partial charge in [0.1, 0.15) is 0 Å². The molecule has 0 aliphatic rings. The van der Waals surface area contributed by atoms with E-state index in [1.165, 1.54) is 5.56 Å². The maximum absolute atomic E-state index is 8.50. The van der Waals surface area contributed by atoms with Gasteiger partial charge in [-0.2, -0.15) is 0 Å². The first kappa shape index (κ1) is 14.2. The number of aliphatic hydroxyl groups is 1. The van der Waals surface area contributed by atoms with E-state index >= 15 is 0 Å². The third-order valence-electron chi connectivity index (χ3n) is 2.42. The summed E-state index contributed by atoms with van der Waals surface area (Å²) >= 11 is 0. The summed E-state index contributed by atoms with van der Waals surface area (Å²) in [5.41, 5.74) is 1.22. The van der Waals surface area contributed by atoms with E-state index in [0.29, 0.717) is 13.2 Å². The van der Waals surface area contributed by atoms with Gasteiger partial charge in [-0.25, -0.2) is 0 Å². The molecule has 0 spiro atoms. The lowest BCUT2D eigenvalue weighted by atomic mass is 10.2. The minimum Gasteiger partial charge on any atom is -0.394 e. The van der Waals surface area contributed by atoms with Gasteiger partial charge in [-0.05, 0) is 24.8 Å². The van der Waals surface area contributed by atoms with E-state index in [-0.39, 0.29) is 6.61 Å². The van der Waals surface area contributed by atoms with E-state index < -0.39 is 0 Å². The summed E-state index contributed by atoms with van der Waals surface area (Å²) in [6, 6.07) is 10.2. The Morgan fingerprint density at radius 3 is 2.24 bits per heavy atom. The molecule has 0 atom stereocenters. The van der Waals surface area contributed by atoms with Crippen molar-refractivity contribution in [2.24, 2.45) is 0 Å². The molecule has 1 aromatic rings. The average Bonchev–Trinajstić information content (AvgIpc) is 2.38. The summed E-state index contributed by atoms with van der Waals surface area (Å²) in [7, 11) is 0. The fourth-order valence-corrected chi connectivity index (χ4v) is 1.52. The first-order valence-corrected chi connectivity index (χ1v) is 6.24. The average molecular weight is 238 g/mol. The van der Waals surface area contributed by atoms with E-state index in [4.69, 9.17) is 14.6 Å². The molecular formula is C14H22O3. The molecule has 0 saturated heterocycles. The zero-order valence-corrected chi connectivity index (χ0v) is 10.3. The lowest BCUT2D eigenvalue weighted by Gasteiger charge is -2.04. The molecule has 0 bridgehead atoms. The van der Waals surface area contributed by atoms with Crippen molar-refractivity contribution in [3.05, 3.63) is 35.9 Å². The van der Waals surface area contributed by atoms with E-state index in [2.05, 4.69) is 12.1 Å². The lowest BCUT2D eigenvalue weighted by molar-refractivity contribution is 0.0846. The molecule has 0 radical (unpaired) electrons. The van der Waals surface area contributed by atoms with Gasteiger partial charge in [0.05, 0.1) is 19.8 Å². The van der Waals surface area contributed by atoms with E-state index in [9.17, 15) is 0 Å². The van der Waals surface area contributed by atoms with Crippen LogP contribution < -0.4 is 0 Å². The van der Waals surface area contributed by atoms with Crippen molar-refractivity contribution in [3.8, 4) is 0 Å². The van der Waals surface area contributed by atoms with Crippen LogP contribution in [0.5, 0.6) is 0 Å². The number of hydrogen-bond donors (Lipinski definition) is 1.